The largest absolute Gasteiger partial charge is 0.487 e. The van der Waals surface area contributed by atoms with Gasteiger partial charge in [0.05, 0.1) is 18.3 Å². The van der Waals surface area contributed by atoms with Crippen molar-refractivity contribution in [2.45, 2.75) is 76.9 Å². The number of piperidine rings is 1. The lowest BCUT2D eigenvalue weighted by Gasteiger charge is -2.53. The number of hydrogen-bond acceptors (Lipinski definition) is 5. The van der Waals surface area contributed by atoms with E-state index in [1.165, 1.54) is 17.4 Å². The van der Waals surface area contributed by atoms with E-state index in [-0.39, 0.29) is 48.0 Å². The molecular weight excluding hydrogens is 408 g/mol. The van der Waals surface area contributed by atoms with Gasteiger partial charge >= 0.3 is 0 Å². The lowest BCUT2D eigenvalue weighted by atomic mass is 9.70. The standard InChI is InChI=1S/C25H34N2O5/c1-14-5-6-18-22(9-14)32-25(3,4)19-10-16-12-26(8-7-21(16)31-23(18)19)24(30)20-11-17(29)13-27(20)15(2)28/h5-6,9,16-17,19-21,23,29H,7-8,10-13H2,1-4H3/t16-,17-,19+,20+,21+,23-/m1/s1. The molecule has 4 aliphatic heterocycles. The number of benzene rings is 1. The highest BCUT2D eigenvalue weighted by atomic mass is 16.5. The molecule has 4 aliphatic rings. The van der Waals surface area contributed by atoms with Crippen LogP contribution in [0.5, 0.6) is 5.75 Å². The maximum Gasteiger partial charge on any atom is 0.245 e. The molecule has 4 heterocycles. The van der Waals surface area contributed by atoms with Crippen molar-refractivity contribution in [1.82, 2.24) is 9.80 Å². The van der Waals surface area contributed by atoms with Gasteiger partial charge < -0.3 is 24.4 Å². The number of carbonyl (C=O) groups excluding carboxylic acids is 2. The second kappa shape index (κ2) is 7.73. The van der Waals surface area contributed by atoms with Crippen LogP contribution in [0.1, 0.15) is 57.3 Å². The maximum absolute atomic E-state index is 13.3. The molecule has 1 aromatic rings. The molecule has 0 unspecified atom stereocenters. The average molecular weight is 443 g/mol. The van der Waals surface area contributed by atoms with Crippen molar-refractivity contribution < 1.29 is 24.2 Å². The zero-order valence-electron chi connectivity index (χ0n) is 19.4. The first kappa shape index (κ1) is 21.7. The van der Waals surface area contributed by atoms with Gasteiger partial charge in [0.1, 0.15) is 17.4 Å². The molecule has 1 N–H and O–H groups in total. The second-order valence-electron chi connectivity index (χ2n) is 10.6. The molecule has 3 saturated heterocycles. The monoisotopic (exact) mass is 442 g/mol. The first-order chi connectivity index (χ1) is 15.1. The summed E-state index contributed by atoms with van der Waals surface area (Å²) in [5, 5.41) is 10.0. The van der Waals surface area contributed by atoms with Gasteiger partial charge in [0.2, 0.25) is 11.8 Å². The van der Waals surface area contributed by atoms with Gasteiger partial charge in [-0.25, -0.2) is 0 Å². The fourth-order valence-corrected chi connectivity index (χ4v) is 6.22. The van der Waals surface area contributed by atoms with E-state index in [2.05, 4.69) is 39.0 Å². The minimum atomic E-state index is -0.631. The Kier molecular flexibility index (Phi) is 5.25. The first-order valence-corrected chi connectivity index (χ1v) is 11.8. The quantitative estimate of drug-likeness (QED) is 0.723. The predicted octanol–water partition coefficient (Wildman–Crippen LogP) is 2.44. The molecule has 174 valence electrons. The summed E-state index contributed by atoms with van der Waals surface area (Å²) in [5.74, 6) is 1.16. The van der Waals surface area contributed by atoms with Crippen LogP contribution < -0.4 is 4.74 Å². The van der Waals surface area contributed by atoms with E-state index in [9.17, 15) is 14.7 Å². The molecule has 0 aliphatic carbocycles. The summed E-state index contributed by atoms with van der Waals surface area (Å²) in [6.45, 7) is 9.29. The summed E-state index contributed by atoms with van der Waals surface area (Å²) in [6, 6.07) is 5.80. The van der Waals surface area contributed by atoms with Crippen molar-refractivity contribution in [2.24, 2.45) is 11.8 Å². The number of likely N-dealkylation sites (tertiary alicyclic amines) is 2. The van der Waals surface area contributed by atoms with Gasteiger partial charge in [-0.15, -0.1) is 0 Å². The number of ether oxygens (including phenoxy) is 2. The molecule has 32 heavy (non-hydrogen) atoms. The smallest absolute Gasteiger partial charge is 0.245 e. The van der Waals surface area contributed by atoms with E-state index in [4.69, 9.17) is 9.47 Å². The van der Waals surface area contributed by atoms with Crippen molar-refractivity contribution in [3.8, 4) is 5.75 Å². The minimum Gasteiger partial charge on any atom is -0.487 e. The fourth-order valence-electron chi connectivity index (χ4n) is 6.22. The molecule has 6 atom stereocenters. The molecule has 7 heteroatoms. The molecule has 5 rings (SSSR count). The number of β-amino-alcohol motifs (C(OH)–C–C–N with tert-alkyl or cyclic N) is 1. The van der Waals surface area contributed by atoms with E-state index >= 15 is 0 Å². The van der Waals surface area contributed by atoms with Crippen molar-refractivity contribution in [1.29, 1.82) is 0 Å². The van der Waals surface area contributed by atoms with Crippen molar-refractivity contribution in [2.75, 3.05) is 19.6 Å². The predicted molar refractivity (Wildman–Crippen MR) is 118 cm³/mol. The van der Waals surface area contributed by atoms with E-state index < -0.39 is 12.1 Å². The van der Waals surface area contributed by atoms with Crippen LogP contribution in [0.4, 0.5) is 0 Å². The topological polar surface area (TPSA) is 79.3 Å². The number of hydrogen-bond donors (Lipinski definition) is 1. The summed E-state index contributed by atoms with van der Waals surface area (Å²) < 4.78 is 13.1. The average Bonchev–Trinajstić information content (AvgIpc) is 3.13. The molecule has 0 radical (unpaired) electrons. The zero-order chi connectivity index (χ0) is 22.8. The highest BCUT2D eigenvalue weighted by molar-refractivity contribution is 5.87. The number of aliphatic hydroxyl groups excluding tert-OH is 1. The Morgan fingerprint density at radius 3 is 2.72 bits per heavy atom. The van der Waals surface area contributed by atoms with Crippen LogP contribution in [0.3, 0.4) is 0 Å². The minimum absolute atomic E-state index is 0.0102. The third-order valence-corrected chi connectivity index (χ3v) is 7.93. The fraction of sp³-hybridized carbons (Fsp3) is 0.680. The van der Waals surface area contributed by atoms with Gasteiger partial charge in [0, 0.05) is 50.4 Å². The van der Waals surface area contributed by atoms with E-state index in [1.54, 1.807) is 0 Å². The van der Waals surface area contributed by atoms with Crippen molar-refractivity contribution in [3.05, 3.63) is 29.3 Å². The molecule has 0 spiro atoms. The Hall–Kier alpha value is -2.12. The molecule has 3 fully saturated rings. The summed E-state index contributed by atoms with van der Waals surface area (Å²) in [4.78, 5) is 28.7. The number of aliphatic hydroxyl groups is 1. The summed E-state index contributed by atoms with van der Waals surface area (Å²) >= 11 is 0. The molecule has 1 aromatic carbocycles. The van der Waals surface area contributed by atoms with Crippen molar-refractivity contribution >= 4 is 11.8 Å². The number of carbonyl (C=O) groups is 2. The van der Waals surface area contributed by atoms with Crippen LogP contribution in [-0.2, 0) is 14.3 Å². The number of nitrogens with zero attached hydrogens (tertiary/aromatic N) is 2. The highest BCUT2D eigenvalue weighted by Gasteiger charge is 2.52. The van der Waals surface area contributed by atoms with Crippen LogP contribution in [0.15, 0.2) is 18.2 Å². The molecule has 0 aromatic heterocycles. The van der Waals surface area contributed by atoms with Crippen LogP contribution in [-0.4, -0.2) is 70.2 Å². The Morgan fingerprint density at radius 2 is 1.97 bits per heavy atom. The van der Waals surface area contributed by atoms with Crippen LogP contribution in [0, 0.1) is 18.8 Å². The second-order valence-corrected chi connectivity index (χ2v) is 10.6. The van der Waals surface area contributed by atoms with Gasteiger partial charge in [0.15, 0.2) is 0 Å². The molecule has 0 bridgehead atoms. The number of aryl methyl sites for hydroxylation is 1. The van der Waals surface area contributed by atoms with Crippen LogP contribution in [0.25, 0.3) is 0 Å². The Morgan fingerprint density at radius 1 is 1.19 bits per heavy atom. The number of fused-ring (bicyclic) bond motifs is 4. The lowest BCUT2D eigenvalue weighted by Crippen LogP contribution is -2.57. The van der Waals surface area contributed by atoms with E-state index in [0.29, 0.717) is 19.5 Å². The van der Waals surface area contributed by atoms with Gasteiger partial charge in [-0.1, -0.05) is 12.1 Å². The normalized spacial score (nSPS) is 35.4. The van der Waals surface area contributed by atoms with Gasteiger partial charge in [-0.2, -0.15) is 0 Å². The molecular formula is C25H34N2O5. The Bertz CT molecular complexity index is 931. The van der Waals surface area contributed by atoms with Gasteiger partial charge in [-0.05, 0) is 45.2 Å². The summed E-state index contributed by atoms with van der Waals surface area (Å²) in [7, 11) is 0. The molecule has 2 amide bonds. The zero-order valence-corrected chi connectivity index (χ0v) is 19.4. The molecule has 0 saturated carbocycles. The Labute approximate surface area is 189 Å². The maximum atomic E-state index is 13.3. The van der Waals surface area contributed by atoms with Gasteiger partial charge in [0.25, 0.3) is 0 Å². The van der Waals surface area contributed by atoms with Crippen molar-refractivity contribution in [3.63, 3.8) is 0 Å². The third kappa shape index (κ3) is 3.59. The number of rotatable bonds is 1. The Balaban J connectivity index is 1.34. The number of amides is 2. The van der Waals surface area contributed by atoms with Crippen LogP contribution >= 0.6 is 0 Å². The first-order valence-electron chi connectivity index (χ1n) is 11.8. The summed E-state index contributed by atoms with van der Waals surface area (Å²) in [6.07, 6.45) is 1.53. The van der Waals surface area contributed by atoms with E-state index in [1.807, 2.05) is 4.90 Å². The van der Waals surface area contributed by atoms with Gasteiger partial charge in [-0.3, -0.25) is 9.59 Å². The SMILES string of the molecule is CC(=O)N1C[C@H](O)C[C@H]1C(=O)N1CC[C@@H]2O[C@@H]3c4ccc(C)cc4OC(C)(C)[C@H]3C[C@@H]2C1. The van der Waals surface area contributed by atoms with E-state index in [0.717, 1.165) is 24.2 Å². The third-order valence-electron chi connectivity index (χ3n) is 7.93. The summed E-state index contributed by atoms with van der Waals surface area (Å²) in [5.41, 5.74) is 1.95. The molecule has 7 nitrogen and oxygen atoms in total. The highest BCUT2D eigenvalue weighted by Crippen LogP contribution is 2.53. The lowest BCUT2D eigenvalue weighted by molar-refractivity contribution is -0.189. The van der Waals surface area contributed by atoms with Crippen LogP contribution in [0.2, 0.25) is 0 Å².